The average molecular weight is 390 g/mol. The summed E-state index contributed by atoms with van der Waals surface area (Å²) in [5.41, 5.74) is 12.1. The number of aryl methyl sites for hydroxylation is 2. The number of nitrogens with one attached hydrogen (secondary N) is 1. The second kappa shape index (κ2) is 8.88. The number of ether oxygens (including phenoxy) is 1. The summed E-state index contributed by atoms with van der Waals surface area (Å²) in [7, 11) is 0. The van der Waals surface area contributed by atoms with Crippen LogP contribution in [0.15, 0.2) is 65.8 Å². The Morgan fingerprint density at radius 1 is 1.00 bits per heavy atom. The molecule has 1 aromatic heterocycles. The van der Waals surface area contributed by atoms with Crippen LogP contribution in [0, 0.1) is 13.8 Å². The molecule has 0 fully saturated rings. The molecule has 3 N–H and O–H groups in total. The molecule has 0 atom stereocenters. The molecule has 0 radical (unpaired) electrons. The van der Waals surface area contributed by atoms with Crippen LogP contribution in [0.25, 0.3) is 5.69 Å². The summed E-state index contributed by atoms with van der Waals surface area (Å²) in [4.78, 5) is 23.0. The van der Waals surface area contributed by atoms with Gasteiger partial charge in [0.25, 0.3) is 11.8 Å². The Morgan fingerprint density at radius 2 is 1.62 bits per heavy atom. The summed E-state index contributed by atoms with van der Waals surface area (Å²) < 4.78 is 7.31. The van der Waals surface area contributed by atoms with Crippen molar-refractivity contribution < 1.29 is 14.3 Å². The molecule has 0 saturated carbocycles. The van der Waals surface area contributed by atoms with Crippen LogP contribution in [0.1, 0.15) is 27.3 Å². The van der Waals surface area contributed by atoms with E-state index in [0.29, 0.717) is 11.3 Å². The second-order valence-electron chi connectivity index (χ2n) is 6.52. The van der Waals surface area contributed by atoms with Gasteiger partial charge in [-0.25, -0.2) is 5.43 Å². The van der Waals surface area contributed by atoms with Crippen LogP contribution in [-0.2, 0) is 4.79 Å². The van der Waals surface area contributed by atoms with Gasteiger partial charge in [0.05, 0.1) is 6.21 Å². The number of hydrogen-bond acceptors (Lipinski definition) is 4. The minimum atomic E-state index is -0.537. The molecule has 3 aromatic rings. The van der Waals surface area contributed by atoms with E-state index >= 15 is 0 Å². The fourth-order valence-electron chi connectivity index (χ4n) is 2.87. The van der Waals surface area contributed by atoms with Gasteiger partial charge in [-0.1, -0.05) is 0 Å². The number of amides is 2. The van der Waals surface area contributed by atoms with Gasteiger partial charge < -0.3 is 15.0 Å². The molecule has 0 bridgehead atoms. The van der Waals surface area contributed by atoms with Crippen molar-refractivity contribution in [2.45, 2.75) is 13.8 Å². The standard InChI is InChI=1S/C22H22N4O3/c1-15-3-4-16(2)26(15)19-9-7-18(8-10-19)22(28)25-24-13-17-5-11-20(12-6-17)29-14-21(23)27/h3-13H,14H2,1-2H3,(H2,23,27)(H,25,28)/b24-13-. The van der Waals surface area contributed by atoms with E-state index < -0.39 is 5.91 Å². The van der Waals surface area contributed by atoms with Crippen LogP contribution in [-0.4, -0.2) is 29.2 Å². The highest BCUT2D eigenvalue weighted by atomic mass is 16.5. The monoisotopic (exact) mass is 390 g/mol. The third-order valence-electron chi connectivity index (χ3n) is 4.30. The minimum Gasteiger partial charge on any atom is -0.484 e. The lowest BCUT2D eigenvalue weighted by molar-refractivity contribution is -0.119. The molecule has 0 saturated heterocycles. The summed E-state index contributed by atoms with van der Waals surface area (Å²) in [6.45, 7) is 3.91. The number of nitrogens with zero attached hydrogens (tertiary/aromatic N) is 2. The summed E-state index contributed by atoms with van der Waals surface area (Å²) in [5.74, 6) is -0.307. The molecule has 0 unspecified atom stereocenters. The van der Waals surface area contributed by atoms with Gasteiger partial charge in [0.1, 0.15) is 5.75 Å². The Labute approximate surface area is 168 Å². The zero-order valence-corrected chi connectivity index (χ0v) is 16.3. The summed E-state index contributed by atoms with van der Waals surface area (Å²) >= 11 is 0. The SMILES string of the molecule is Cc1ccc(C)n1-c1ccc(C(=O)N/N=C\c2ccc(OCC(N)=O)cc2)cc1. The van der Waals surface area contributed by atoms with Gasteiger partial charge in [0.15, 0.2) is 6.61 Å². The summed E-state index contributed by atoms with van der Waals surface area (Å²) in [6.07, 6.45) is 1.52. The van der Waals surface area contributed by atoms with Crippen LogP contribution < -0.4 is 15.9 Å². The van der Waals surface area contributed by atoms with Crippen LogP contribution in [0.3, 0.4) is 0 Å². The van der Waals surface area contributed by atoms with Gasteiger partial charge in [-0.05, 0) is 80.1 Å². The van der Waals surface area contributed by atoms with E-state index in [4.69, 9.17) is 10.5 Å². The molecule has 29 heavy (non-hydrogen) atoms. The first-order chi connectivity index (χ1) is 13.9. The van der Waals surface area contributed by atoms with E-state index in [0.717, 1.165) is 22.6 Å². The number of hydrogen-bond donors (Lipinski definition) is 2. The maximum Gasteiger partial charge on any atom is 0.271 e. The zero-order valence-electron chi connectivity index (χ0n) is 16.3. The first-order valence-corrected chi connectivity index (χ1v) is 9.04. The molecule has 3 rings (SSSR count). The lowest BCUT2D eigenvalue weighted by Gasteiger charge is -2.10. The smallest absolute Gasteiger partial charge is 0.271 e. The van der Waals surface area contributed by atoms with Gasteiger partial charge in [-0.2, -0.15) is 5.10 Å². The van der Waals surface area contributed by atoms with Gasteiger partial charge >= 0.3 is 0 Å². The molecule has 7 heteroatoms. The number of aromatic nitrogens is 1. The Bertz CT molecular complexity index is 1020. The fourth-order valence-corrected chi connectivity index (χ4v) is 2.87. The number of carbonyl (C=O) groups excluding carboxylic acids is 2. The zero-order chi connectivity index (χ0) is 20.8. The number of benzene rings is 2. The molecule has 2 amide bonds. The van der Waals surface area contributed by atoms with Crippen molar-refractivity contribution in [1.82, 2.24) is 9.99 Å². The Hall–Kier alpha value is -3.87. The first kappa shape index (κ1) is 19.9. The molecular formula is C22H22N4O3. The van der Waals surface area contributed by atoms with Crippen LogP contribution in [0.2, 0.25) is 0 Å². The van der Waals surface area contributed by atoms with E-state index in [1.54, 1.807) is 36.4 Å². The lowest BCUT2D eigenvalue weighted by Crippen LogP contribution is -2.20. The molecular weight excluding hydrogens is 368 g/mol. The van der Waals surface area contributed by atoms with E-state index in [2.05, 4.69) is 27.2 Å². The Kier molecular flexibility index (Phi) is 6.09. The normalized spacial score (nSPS) is 10.8. The van der Waals surface area contributed by atoms with Crippen LogP contribution >= 0.6 is 0 Å². The number of nitrogens with two attached hydrogens (primary N) is 1. The highest BCUT2D eigenvalue weighted by molar-refractivity contribution is 5.95. The van der Waals surface area contributed by atoms with Crippen molar-refractivity contribution >= 4 is 18.0 Å². The maximum absolute atomic E-state index is 12.3. The number of hydrazone groups is 1. The number of primary amides is 1. The van der Waals surface area contributed by atoms with Crippen molar-refractivity contribution in [3.8, 4) is 11.4 Å². The van der Waals surface area contributed by atoms with Crippen molar-refractivity contribution in [2.75, 3.05) is 6.61 Å². The van der Waals surface area contributed by atoms with Crippen LogP contribution in [0.4, 0.5) is 0 Å². The van der Waals surface area contributed by atoms with E-state index in [9.17, 15) is 9.59 Å². The molecule has 0 spiro atoms. The molecule has 0 aliphatic rings. The maximum atomic E-state index is 12.3. The molecule has 7 nitrogen and oxygen atoms in total. The van der Waals surface area contributed by atoms with Gasteiger partial charge in [-0.3, -0.25) is 9.59 Å². The summed E-state index contributed by atoms with van der Waals surface area (Å²) in [5, 5.41) is 3.98. The van der Waals surface area contributed by atoms with Crippen molar-refractivity contribution in [3.05, 3.63) is 83.2 Å². The first-order valence-electron chi connectivity index (χ1n) is 9.04. The van der Waals surface area contributed by atoms with Crippen molar-refractivity contribution in [1.29, 1.82) is 0 Å². The topological polar surface area (TPSA) is 98.7 Å². The third-order valence-corrected chi connectivity index (χ3v) is 4.30. The van der Waals surface area contributed by atoms with Crippen LogP contribution in [0.5, 0.6) is 5.75 Å². The van der Waals surface area contributed by atoms with Crippen molar-refractivity contribution in [3.63, 3.8) is 0 Å². The van der Waals surface area contributed by atoms with Gasteiger partial charge in [-0.15, -0.1) is 0 Å². The quantitative estimate of drug-likeness (QED) is 0.479. The highest BCUT2D eigenvalue weighted by Crippen LogP contribution is 2.17. The van der Waals surface area contributed by atoms with E-state index in [1.165, 1.54) is 6.21 Å². The van der Waals surface area contributed by atoms with Crippen molar-refractivity contribution in [2.24, 2.45) is 10.8 Å². The lowest BCUT2D eigenvalue weighted by atomic mass is 10.2. The molecule has 0 aliphatic carbocycles. The highest BCUT2D eigenvalue weighted by Gasteiger charge is 2.07. The van der Waals surface area contributed by atoms with E-state index in [1.807, 2.05) is 26.0 Å². The molecule has 1 heterocycles. The predicted molar refractivity (Wildman–Crippen MR) is 111 cm³/mol. The number of rotatable bonds is 7. The molecule has 0 aliphatic heterocycles. The fraction of sp³-hybridized carbons (Fsp3) is 0.136. The molecule has 2 aromatic carbocycles. The van der Waals surface area contributed by atoms with E-state index in [-0.39, 0.29) is 12.5 Å². The second-order valence-corrected chi connectivity index (χ2v) is 6.52. The minimum absolute atomic E-state index is 0.175. The average Bonchev–Trinajstić information content (AvgIpc) is 3.05. The number of carbonyl (C=O) groups is 2. The summed E-state index contributed by atoms with van der Waals surface area (Å²) in [6, 6.07) is 18.3. The largest absolute Gasteiger partial charge is 0.484 e. The Morgan fingerprint density at radius 3 is 2.21 bits per heavy atom. The third kappa shape index (κ3) is 5.10. The molecule has 148 valence electrons. The predicted octanol–water partition coefficient (Wildman–Crippen LogP) is 2.72. The van der Waals surface area contributed by atoms with Gasteiger partial charge in [0, 0.05) is 22.6 Å². The van der Waals surface area contributed by atoms with Gasteiger partial charge in [0.2, 0.25) is 0 Å². The Balaban J connectivity index is 1.58.